The summed E-state index contributed by atoms with van der Waals surface area (Å²) in [6.07, 6.45) is 0. The van der Waals surface area contributed by atoms with Gasteiger partial charge in [0.05, 0.1) is 10.6 Å². The second-order valence-corrected chi connectivity index (χ2v) is 13.6. The van der Waals surface area contributed by atoms with Gasteiger partial charge in [0.2, 0.25) is 11.8 Å². The topological polar surface area (TPSA) is 86.8 Å². The van der Waals surface area contributed by atoms with Crippen molar-refractivity contribution in [2.24, 2.45) is 0 Å². The van der Waals surface area contributed by atoms with Crippen molar-refractivity contribution in [2.75, 3.05) is 10.8 Å². The van der Waals surface area contributed by atoms with Crippen LogP contribution in [0.2, 0.25) is 15.1 Å². The van der Waals surface area contributed by atoms with Crippen LogP contribution in [-0.4, -0.2) is 43.3 Å². The molecular formula is C29H32Cl3N3O4S. The van der Waals surface area contributed by atoms with Gasteiger partial charge >= 0.3 is 0 Å². The Hall–Kier alpha value is -2.78. The van der Waals surface area contributed by atoms with Crippen LogP contribution >= 0.6 is 34.8 Å². The van der Waals surface area contributed by atoms with E-state index in [1.165, 1.54) is 29.2 Å². The molecule has 40 heavy (non-hydrogen) atoms. The molecule has 0 aliphatic heterocycles. The Balaban J connectivity index is 2.05. The minimum Gasteiger partial charge on any atom is -0.350 e. The number of hydrogen-bond acceptors (Lipinski definition) is 4. The van der Waals surface area contributed by atoms with Gasteiger partial charge in [0, 0.05) is 27.2 Å². The molecule has 0 saturated carbocycles. The van der Waals surface area contributed by atoms with Crippen LogP contribution in [0.15, 0.2) is 71.6 Å². The first-order chi connectivity index (χ1) is 18.6. The smallest absolute Gasteiger partial charge is 0.264 e. The van der Waals surface area contributed by atoms with Gasteiger partial charge in [0.1, 0.15) is 12.6 Å². The normalized spacial score (nSPS) is 12.5. The molecule has 0 aliphatic carbocycles. The number of benzene rings is 3. The lowest BCUT2D eigenvalue weighted by molar-refractivity contribution is -0.140. The van der Waals surface area contributed by atoms with Crippen molar-refractivity contribution in [3.63, 3.8) is 0 Å². The molecule has 1 N–H and O–H groups in total. The third-order valence-corrected chi connectivity index (χ3v) is 8.65. The molecule has 3 aromatic carbocycles. The molecule has 0 fully saturated rings. The highest BCUT2D eigenvalue weighted by molar-refractivity contribution is 7.92. The van der Waals surface area contributed by atoms with Crippen LogP contribution in [0.1, 0.15) is 38.8 Å². The summed E-state index contributed by atoms with van der Waals surface area (Å²) in [6.45, 7) is 8.35. The van der Waals surface area contributed by atoms with E-state index in [1.54, 1.807) is 49.4 Å². The summed E-state index contributed by atoms with van der Waals surface area (Å²) in [7, 11) is -4.19. The average molecular weight is 625 g/mol. The van der Waals surface area contributed by atoms with Gasteiger partial charge in [-0.25, -0.2) is 8.42 Å². The number of nitrogens with zero attached hydrogens (tertiary/aromatic N) is 2. The monoisotopic (exact) mass is 623 g/mol. The van der Waals surface area contributed by atoms with Crippen molar-refractivity contribution >= 4 is 62.3 Å². The number of nitrogens with one attached hydrogen (secondary N) is 1. The maximum atomic E-state index is 14.0. The van der Waals surface area contributed by atoms with E-state index >= 15 is 0 Å². The lowest BCUT2D eigenvalue weighted by Gasteiger charge is -2.33. The Morgan fingerprint density at radius 2 is 1.48 bits per heavy atom. The molecule has 0 spiro atoms. The van der Waals surface area contributed by atoms with Crippen LogP contribution in [-0.2, 0) is 26.2 Å². The van der Waals surface area contributed by atoms with Gasteiger partial charge in [-0.3, -0.25) is 13.9 Å². The molecule has 11 heteroatoms. The van der Waals surface area contributed by atoms with E-state index in [1.807, 2.05) is 27.7 Å². The molecule has 1 atom stereocenters. The van der Waals surface area contributed by atoms with E-state index in [9.17, 15) is 18.0 Å². The quantitative estimate of drug-likeness (QED) is 0.295. The molecular weight excluding hydrogens is 593 g/mol. The summed E-state index contributed by atoms with van der Waals surface area (Å²) in [6, 6.07) is 16.4. The summed E-state index contributed by atoms with van der Waals surface area (Å²) in [4.78, 5) is 28.4. The average Bonchev–Trinajstić information content (AvgIpc) is 2.86. The second kappa shape index (κ2) is 12.8. The minimum atomic E-state index is -4.19. The van der Waals surface area contributed by atoms with Crippen molar-refractivity contribution in [1.82, 2.24) is 10.2 Å². The molecule has 0 heterocycles. The van der Waals surface area contributed by atoms with Crippen molar-refractivity contribution in [3.8, 4) is 0 Å². The summed E-state index contributed by atoms with van der Waals surface area (Å²) in [5.41, 5.74) is 1.22. The van der Waals surface area contributed by atoms with E-state index < -0.39 is 40.0 Å². The van der Waals surface area contributed by atoms with E-state index in [2.05, 4.69) is 5.32 Å². The fraction of sp³-hybridized carbons (Fsp3) is 0.310. The van der Waals surface area contributed by atoms with Gasteiger partial charge in [0.15, 0.2) is 0 Å². The number of carbonyl (C=O) groups is 2. The Morgan fingerprint density at radius 3 is 2.02 bits per heavy atom. The molecule has 3 aromatic rings. The van der Waals surface area contributed by atoms with E-state index in [0.29, 0.717) is 26.3 Å². The van der Waals surface area contributed by atoms with Crippen LogP contribution < -0.4 is 9.62 Å². The fourth-order valence-corrected chi connectivity index (χ4v) is 5.87. The molecule has 0 radical (unpaired) electrons. The van der Waals surface area contributed by atoms with Crippen LogP contribution in [0.5, 0.6) is 0 Å². The van der Waals surface area contributed by atoms with Gasteiger partial charge in [-0.05, 0) is 88.7 Å². The zero-order chi connectivity index (χ0) is 29.8. The molecule has 0 saturated heterocycles. The first-order valence-electron chi connectivity index (χ1n) is 12.5. The van der Waals surface area contributed by atoms with Crippen LogP contribution in [0.25, 0.3) is 0 Å². The van der Waals surface area contributed by atoms with Gasteiger partial charge in [-0.1, -0.05) is 58.6 Å². The highest BCUT2D eigenvalue weighted by Gasteiger charge is 2.33. The van der Waals surface area contributed by atoms with Gasteiger partial charge in [-0.15, -0.1) is 0 Å². The maximum Gasteiger partial charge on any atom is 0.264 e. The first kappa shape index (κ1) is 31.7. The summed E-state index contributed by atoms with van der Waals surface area (Å²) in [5.74, 6) is -0.992. The standard InChI is InChI=1S/C29H32Cl3N3O4S/c1-19-6-12-24(13-7-19)35(40(38,39)25-14-10-22(30)11-15-25)18-27(36)34(20(2)28(37)33-29(3,4)5)17-21-8-9-23(31)16-26(21)32/h6-16,20H,17-18H2,1-5H3,(H,33,37)/t20-/m0/s1. The van der Waals surface area contributed by atoms with Crippen molar-refractivity contribution in [1.29, 1.82) is 0 Å². The third kappa shape index (κ3) is 8.13. The number of carbonyl (C=O) groups excluding carboxylic acids is 2. The molecule has 2 amide bonds. The molecule has 0 aromatic heterocycles. The Labute approximate surface area is 251 Å². The lowest BCUT2D eigenvalue weighted by atomic mass is 10.1. The fourth-order valence-electron chi connectivity index (χ4n) is 3.86. The second-order valence-electron chi connectivity index (χ2n) is 10.5. The largest absolute Gasteiger partial charge is 0.350 e. The Morgan fingerprint density at radius 1 is 0.900 bits per heavy atom. The van der Waals surface area contributed by atoms with Crippen LogP contribution in [0.4, 0.5) is 5.69 Å². The Kier molecular flexibility index (Phi) is 10.2. The van der Waals surface area contributed by atoms with E-state index in [-0.39, 0.29) is 11.4 Å². The number of halogens is 3. The van der Waals surface area contributed by atoms with Gasteiger partial charge < -0.3 is 10.2 Å². The number of amides is 2. The number of sulfonamides is 1. The molecule has 0 unspecified atom stereocenters. The zero-order valence-electron chi connectivity index (χ0n) is 22.9. The van der Waals surface area contributed by atoms with Crippen molar-refractivity contribution in [2.45, 2.75) is 57.6 Å². The predicted octanol–water partition coefficient (Wildman–Crippen LogP) is 6.48. The lowest BCUT2D eigenvalue weighted by Crippen LogP contribution is -2.54. The molecule has 0 aliphatic rings. The molecule has 3 rings (SSSR count). The predicted molar refractivity (Wildman–Crippen MR) is 162 cm³/mol. The SMILES string of the molecule is Cc1ccc(N(CC(=O)N(Cc2ccc(Cl)cc2Cl)[C@@H](C)C(=O)NC(C)(C)C)S(=O)(=O)c2ccc(Cl)cc2)cc1. The number of anilines is 1. The maximum absolute atomic E-state index is 14.0. The number of aryl methyl sites for hydroxylation is 1. The van der Waals surface area contributed by atoms with Crippen LogP contribution in [0, 0.1) is 6.92 Å². The zero-order valence-corrected chi connectivity index (χ0v) is 26.0. The van der Waals surface area contributed by atoms with Crippen molar-refractivity contribution in [3.05, 3.63) is 92.9 Å². The highest BCUT2D eigenvalue weighted by atomic mass is 35.5. The first-order valence-corrected chi connectivity index (χ1v) is 15.1. The minimum absolute atomic E-state index is 0.0314. The summed E-state index contributed by atoms with van der Waals surface area (Å²) >= 11 is 18.5. The van der Waals surface area contributed by atoms with Crippen LogP contribution in [0.3, 0.4) is 0 Å². The van der Waals surface area contributed by atoms with Crippen molar-refractivity contribution < 1.29 is 18.0 Å². The number of hydrogen-bond donors (Lipinski definition) is 1. The molecule has 0 bridgehead atoms. The third-order valence-electron chi connectivity index (χ3n) is 6.02. The molecule has 7 nitrogen and oxygen atoms in total. The number of rotatable bonds is 9. The summed E-state index contributed by atoms with van der Waals surface area (Å²) in [5, 5.41) is 4.00. The summed E-state index contributed by atoms with van der Waals surface area (Å²) < 4.78 is 28.7. The molecule has 214 valence electrons. The van der Waals surface area contributed by atoms with Gasteiger partial charge in [0.25, 0.3) is 10.0 Å². The Bertz CT molecular complexity index is 1470. The van der Waals surface area contributed by atoms with E-state index in [4.69, 9.17) is 34.8 Å². The van der Waals surface area contributed by atoms with E-state index in [0.717, 1.165) is 9.87 Å². The highest BCUT2D eigenvalue weighted by Crippen LogP contribution is 2.27. The van der Waals surface area contributed by atoms with Gasteiger partial charge in [-0.2, -0.15) is 0 Å².